The first-order valence-corrected chi connectivity index (χ1v) is 11.8. The molecular weight excluding hydrogens is 489 g/mol. The van der Waals surface area contributed by atoms with Crippen LogP contribution < -0.4 is 5.56 Å². The van der Waals surface area contributed by atoms with Gasteiger partial charge in [0.15, 0.2) is 0 Å². The van der Waals surface area contributed by atoms with Crippen molar-refractivity contribution < 1.29 is 14.7 Å². The molecule has 0 fully saturated rings. The molecule has 3 aromatic rings. The number of aryl methyl sites for hydroxylation is 1. The fraction of sp³-hybridized carbons (Fsp3) is 0.231. The summed E-state index contributed by atoms with van der Waals surface area (Å²) >= 11 is 12.1. The first-order chi connectivity index (χ1) is 16.7. The molecule has 35 heavy (non-hydrogen) atoms. The summed E-state index contributed by atoms with van der Waals surface area (Å²) in [5.74, 6) is -1.50. The molecule has 1 aromatic heterocycles. The van der Waals surface area contributed by atoms with Crippen LogP contribution in [-0.4, -0.2) is 32.7 Å². The Balaban J connectivity index is 1.85. The van der Waals surface area contributed by atoms with Crippen LogP contribution in [0.25, 0.3) is 11.1 Å². The van der Waals surface area contributed by atoms with Crippen LogP contribution in [0.5, 0.6) is 0 Å². The van der Waals surface area contributed by atoms with Crippen molar-refractivity contribution in [3.63, 3.8) is 0 Å². The van der Waals surface area contributed by atoms with Crippen LogP contribution in [0, 0.1) is 13.8 Å². The Bertz CT molecular complexity index is 1380. The molecule has 9 heteroatoms. The maximum Gasteiger partial charge on any atom is 0.303 e. The van der Waals surface area contributed by atoms with E-state index in [2.05, 4.69) is 10.1 Å². The normalized spacial score (nSPS) is 15.3. The second-order valence-electron chi connectivity index (χ2n) is 8.41. The Hall–Kier alpha value is -3.42. The van der Waals surface area contributed by atoms with Crippen LogP contribution in [0.4, 0.5) is 0 Å². The number of carbonyl (C=O) groups excluding carboxylic acids is 1. The summed E-state index contributed by atoms with van der Waals surface area (Å²) < 4.78 is 0. The number of amides is 1. The summed E-state index contributed by atoms with van der Waals surface area (Å²) in [6, 6.07) is 13.7. The van der Waals surface area contributed by atoms with E-state index in [1.54, 1.807) is 36.4 Å². The van der Waals surface area contributed by atoms with Crippen LogP contribution in [0.1, 0.15) is 47.7 Å². The quantitative estimate of drug-likeness (QED) is 0.455. The highest BCUT2D eigenvalue weighted by Crippen LogP contribution is 2.37. The number of aromatic nitrogens is 1. The molecule has 0 radical (unpaired) electrons. The molecule has 1 aliphatic rings. The molecule has 1 amide bonds. The van der Waals surface area contributed by atoms with E-state index < -0.39 is 17.9 Å². The van der Waals surface area contributed by atoms with Crippen molar-refractivity contribution in [2.45, 2.75) is 39.2 Å². The van der Waals surface area contributed by atoms with Crippen LogP contribution >= 0.6 is 23.2 Å². The second-order valence-corrected chi connectivity index (χ2v) is 9.28. The average molecular weight is 512 g/mol. The van der Waals surface area contributed by atoms with E-state index in [4.69, 9.17) is 28.3 Å². The number of hydrogen-bond acceptors (Lipinski definition) is 4. The van der Waals surface area contributed by atoms with E-state index in [-0.39, 0.29) is 24.8 Å². The van der Waals surface area contributed by atoms with E-state index in [9.17, 15) is 14.4 Å². The number of hydrogen-bond donors (Lipinski definition) is 2. The van der Waals surface area contributed by atoms with Crippen LogP contribution in [-0.2, 0) is 9.59 Å². The fourth-order valence-electron chi connectivity index (χ4n) is 4.23. The van der Waals surface area contributed by atoms with Crippen molar-refractivity contribution in [2.75, 3.05) is 0 Å². The first-order valence-electron chi connectivity index (χ1n) is 11.0. The number of aliphatic carboxylic acids is 1. The van der Waals surface area contributed by atoms with E-state index in [1.807, 2.05) is 26.0 Å². The molecule has 0 saturated heterocycles. The number of carboxylic acids is 1. The number of carboxylic acid groups (broad SMARTS) is 1. The zero-order valence-corrected chi connectivity index (χ0v) is 20.7. The average Bonchev–Trinajstić information content (AvgIpc) is 3.26. The molecule has 1 atom stereocenters. The van der Waals surface area contributed by atoms with Gasteiger partial charge < -0.3 is 10.1 Å². The monoisotopic (exact) mass is 511 g/mol. The van der Waals surface area contributed by atoms with E-state index in [1.165, 1.54) is 5.01 Å². The maximum absolute atomic E-state index is 13.3. The standard InChI is InChI=1S/C26H23Cl2N3O4/c1-14-15(2)29-26(35)25(24(14)17-5-9-19(28)10-6-17)20-13-21(16-3-7-18(27)8-4-16)31(30-20)22(32)11-12-23(33)34/h3-10,21H,11-13H2,1-2H3,(H,29,35)(H,33,34). The van der Waals surface area contributed by atoms with Crippen molar-refractivity contribution in [3.8, 4) is 11.1 Å². The van der Waals surface area contributed by atoms with Gasteiger partial charge in [0.2, 0.25) is 5.91 Å². The van der Waals surface area contributed by atoms with Crippen molar-refractivity contribution in [1.82, 2.24) is 9.99 Å². The van der Waals surface area contributed by atoms with Gasteiger partial charge >= 0.3 is 5.97 Å². The van der Waals surface area contributed by atoms with Crippen molar-refractivity contribution in [3.05, 3.63) is 91.3 Å². The van der Waals surface area contributed by atoms with Crippen molar-refractivity contribution in [2.24, 2.45) is 5.10 Å². The largest absolute Gasteiger partial charge is 0.481 e. The lowest BCUT2D eigenvalue weighted by atomic mass is 9.90. The van der Waals surface area contributed by atoms with Crippen molar-refractivity contribution >= 4 is 40.8 Å². The number of rotatable bonds is 6. The minimum absolute atomic E-state index is 0.205. The highest BCUT2D eigenvalue weighted by Gasteiger charge is 2.35. The number of nitrogens with one attached hydrogen (secondary N) is 1. The summed E-state index contributed by atoms with van der Waals surface area (Å²) in [6.45, 7) is 3.75. The van der Waals surface area contributed by atoms with E-state index in [0.717, 1.165) is 27.9 Å². The number of nitrogens with zero attached hydrogens (tertiary/aromatic N) is 2. The zero-order valence-electron chi connectivity index (χ0n) is 19.1. The SMILES string of the molecule is Cc1[nH]c(=O)c(C2=NN(C(=O)CCC(=O)O)C(c3ccc(Cl)cc3)C2)c(-c2ccc(Cl)cc2)c1C. The third-order valence-electron chi connectivity index (χ3n) is 6.11. The number of hydrazone groups is 1. The van der Waals surface area contributed by atoms with Gasteiger partial charge in [-0.1, -0.05) is 47.5 Å². The molecule has 0 bridgehead atoms. The Labute approximate surface area is 212 Å². The van der Waals surface area contributed by atoms with Crippen LogP contribution in [0.2, 0.25) is 10.0 Å². The molecular formula is C26H23Cl2N3O4. The van der Waals surface area contributed by atoms with Gasteiger partial charge in [-0.2, -0.15) is 5.10 Å². The molecule has 0 spiro atoms. The molecule has 2 heterocycles. The third-order valence-corrected chi connectivity index (χ3v) is 6.61. The number of H-pyrrole nitrogens is 1. The molecule has 2 N–H and O–H groups in total. The van der Waals surface area contributed by atoms with Crippen molar-refractivity contribution in [1.29, 1.82) is 0 Å². The lowest BCUT2D eigenvalue weighted by molar-refractivity contribution is -0.141. The number of pyridine rings is 1. The smallest absolute Gasteiger partial charge is 0.303 e. The summed E-state index contributed by atoms with van der Waals surface area (Å²) in [7, 11) is 0. The first kappa shape index (κ1) is 24.7. The van der Waals surface area contributed by atoms with Gasteiger partial charge in [0.1, 0.15) is 0 Å². The highest BCUT2D eigenvalue weighted by molar-refractivity contribution is 6.30. The van der Waals surface area contributed by atoms with Gasteiger partial charge in [-0.15, -0.1) is 0 Å². The fourth-order valence-corrected chi connectivity index (χ4v) is 4.48. The molecule has 1 unspecified atom stereocenters. The molecule has 1 aliphatic heterocycles. The van der Waals surface area contributed by atoms with Gasteiger partial charge in [-0.25, -0.2) is 5.01 Å². The molecule has 4 rings (SSSR count). The van der Waals surface area contributed by atoms with Gasteiger partial charge in [-0.05, 0) is 54.8 Å². The van der Waals surface area contributed by atoms with Crippen LogP contribution in [0.3, 0.4) is 0 Å². The van der Waals surface area contributed by atoms with Gasteiger partial charge in [0.05, 0.1) is 23.7 Å². The molecule has 180 valence electrons. The predicted molar refractivity (Wildman–Crippen MR) is 136 cm³/mol. The number of aromatic amines is 1. The third kappa shape index (κ3) is 5.16. The highest BCUT2D eigenvalue weighted by atomic mass is 35.5. The minimum Gasteiger partial charge on any atom is -0.481 e. The Kier molecular flexibility index (Phi) is 7.10. The Morgan fingerprint density at radius 3 is 2.20 bits per heavy atom. The Morgan fingerprint density at radius 1 is 1.00 bits per heavy atom. The summed E-state index contributed by atoms with van der Waals surface area (Å²) in [6.07, 6.45) is -0.232. The topological polar surface area (TPSA) is 103 Å². The summed E-state index contributed by atoms with van der Waals surface area (Å²) in [4.78, 5) is 40.2. The molecule has 0 saturated carbocycles. The van der Waals surface area contributed by atoms with Gasteiger partial charge in [0, 0.05) is 34.1 Å². The zero-order chi connectivity index (χ0) is 25.3. The summed E-state index contributed by atoms with van der Waals surface area (Å²) in [5.41, 5.74) is 4.42. The predicted octanol–water partition coefficient (Wildman–Crippen LogP) is 5.51. The second kappa shape index (κ2) is 10.1. The van der Waals surface area contributed by atoms with E-state index >= 15 is 0 Å². The van der Waals surface area contributed by atoms with Crippen LogP contribution in [0.15, 0.2) is 58.4 Å². The number of benzene rings is 2. The maximum atomic E-state index is 13.3. The summed E-state index contributed by atoms with van der Waals surface area (Å²) in [5, 5.41) is 16.0. The lowest BCUT2D eigenvalue weighted by Crippen LogP contribution is -2.27. The van der Waals surface area contributed by atoms with E-state index in [0.29, 0.717) is 21.3 Å². The minimum atomic E-state index is -1.07. The van der Waals surface area contributed by atoms with Gasteiger partial charge in [0.25, 0.3) is 5.56 Å². The van der Waals surface area contributed by atoms with Gasteiger partial charge in [-0.3, -0.25) is 14.4 Å². The lowest BCUT2D eigenvalue weighted by Gasteiger charge is -2.22. The molecule has 0 aliphatic carbocycles. The number of carbonyl (C=O) groups is 2. The number of halogens is 2. The Morgan fingerprint density at radius 2 is 1.60 bits per heavy atom. The molecule has 7 nitrogen and oxygen atoms in total. The molecule has 2 aromatic carbocycles.